The molecule has 0 aliphatic carbocycles. The average molecular weight is 331 g/mol. The highest BCUT2D eigenvalue weighted by atomic mass is 16.5. The van der Waals surface area contributed by atoms with Crippen molar-refractivity contribution in [3.8, 4) is 0 Å². The number of carbonyl (C=O) groups excluding carboxylic acids is 1. The fourth-order valence-corrected chi connectivity index (χ4v) is 3.33. The number of nitrogens with zero attached hydrogens (tertiary/aromatic N) is 3. The second-order valence-corrected chi connectivity index (χ2v) is 6.17. The smallest absolute Gasteiger partial charge is 0.323 e. The van der Waals surface area contributed by atoms with Gasteiger partial charge in [-0.15, -0.1) is 0 Å². The van der Waals surface area contributed by atoms with Gasteiger partial charge in [0.1, 0.15) is 0 Å². The number of anilines is 1. The van der Waals surface area contributed by atoms with Crippen molar-refractivity contribution in [2.45, 2.75) is 0 Å². The summed E-state index contributed by atoms with van der Waals surface area (Å²) in [5, 5.41) is 0. The van der Waals surface area contributed by atoms with E-state index in [0.29, 0.717) is 39.4 Å². The van der Waals surface area contributed by atoms with Crippen LogP contribution in [0.2, 0.25) is 0 Å². The van der Waals surface area contributed by atoms with Gasteiger partial charge in [0.2, 0.25) is 0 Å². The van der Waals surface area contributed by atoms with Crippen molar-refractivity contribution >= 4 is 22.8 Å². The summed E-state index contributed by atoms with van der Waals surface area (Å²) < 4.78 is 5.30. The van der Waals surface area contributed by atoms with E-state index in [2.05, 4.69) is 14.9 Å². The summed E-state index contributed by atoms with van der Waals surface area (Å²) in [6.45, 7) is 5.59. The normalized spacial score (nSPS) is 19.1. The molecule has 0 spiro atoms. The van der Waals surface area contributed by atoms with E-state index in [-0.39, 0.29) is 11.7 Å². The minimum atomic E-state index is -0.192. The van der Waals surface area contributed by atoms with Crippen LogP contribution in [0.5, 0.6) is 0 Å². The number of aromatic amines is 2. The monoisotopic (exact) mass is 331 g/mol. The first kappa shape index (κ1) is 15.1. The first-order valence-corrected chi connectivity index (χ1v) is 8.29. The molecule has 0 atom stereocenters. The van der Waals surface area contributed by atoms with Gasteiger partial charge in [-0.25, -0.2) is 9.59 Å². The molecule has 0 unspecified atom stereocenters. The Morgan fingerprint density at radius 3 is 2.33 bits per heavy atom. The number of benzene rings is 1. The Bertz CT molecular complexity index is 784. The molecule has 4 rings (SSSR count). The molecule has 3 heterocycles. The number of imidazole rings is 1. The molecular formula is C16H21N5O3. The minimum Gasteiger partial charge on any atom is -0.378 e. The van der Waals surface area contributed by atoms with E-state index in [1.54, 1.807) is 0 Å². The van der Waals surface area contributed by atoms with Gasteiger partial charge in [0.05, 0.1) is 24.2 Å². The number of fused-ring (bicyclic) bond motifs is 1. The van der Waals surface area contributed by atoms with Gasteiger partial charge >= 0.3 is 11.7 Å². The zero-order valence-electron chi connectivity index (χ0n) is 13.5. The number of morpholine rings is 1. The summed E-state index contributed by atoms with van der Waals surface area (Å²) in [4.78, 5) is 35.4. The number of urea groups is 1. The van der Waals surface area contributed by atoms with Crippen LogP contribution in [0, 0.1) is 0 Å². The molecule has 2 aliphatic heterocycles. The van der Waals surface area contributed by atoms with E-state index >= 15 is 0 Å². The standard InChI is InChI=1S/C16H21N5O3/c22-15-17-13-2-1-12(11-14(13)18-15)19-3-5-20(6-4-19)16(23)21-7-9-24-10-8-21/h1-2,11H,3-10H2,(H2,17,18,22). The summed E-state index contributed by atoms with van der Waals surface area (Å²) in [5.41, 5.74) is 2.49. The van der Waals surface area contributed by atoms with Gasteiger partial charge in [-0.05, 0) is 18.2 Å². The Labute approximate surface area is 139 Å². The Kier molecular flexibility index (Phi) is 3.89. The van der Waals surface area contributed by atoms with Crippen LogP contribution in [-0.2, 0) is 4.74 Å². The molecule has 1 aromatic heterocycles. The van der Waals surface area contributed by atoms with Crippen LogP contribution in [0.4, 0.5) is 10.5 Å². The highest BCUT2D eigenvalue weighted by molar-refractivity contribution is 5.79. The molecule has 128 valence electrons. The molecule has 2 aromatic rings. The molecule has 24 heavy (non-hydrogen) atoms. The predicted octanol–water partition coefficient (Wildman–Crippen LogP) is 0.430. The van der Waals surface area contributed by atoms with E-state index in [0.717, 1.165) is 29.8 Å². The summed E-state index contributed by atoms with van der Waals surface area (Å²) in [6, 6.07) is 6.01. The zero-order chi connectivity index (χ0) is 16.5. The molecular weight excluding hydrogens is 310 g/mol. The number of hydrogen-bond acceptors (Lipinski definition) is 4. The fourth-order valence-electron chi connectivity index (χ4n) is 3.33. The highest BCUT2D eigenvalue weighted by Gasteiger charge is 2.26. The molecule has 2 fully saturated rings. The first-order chi connectivity index (χ1) is 11.7. The maximum atomic E-state index is 12.5. The Balaban J connectivity index is 1.41. The molecule has 2 saturated heterocycles. The van der Waals surface area contributed by atoms with Crippen LogP contribution in [-0.4, -0.2) is 78.3 Å². The van der Waals surface area contributed by atoms with Crippen LogP contribution in [0.3, 0.4) is 0 Å². The molecule has 2 amide bonds. The lowest BCUT2D eigenvalue weighted by atomic mass is 10.2. The van der Waals surface area contributed by atoms with Crippen molar-refractivity contribution in [2.75, 3.05) is 57.4 Å². The van der Waals surface area contributed by atoms with Gasteiger partial charge < -0.3 is 29.4 Å². The lowest BCUT2D eigenvalue weighted by molar-refractivity contribution is 0.0428. The van der Waals surface area contributed by atoms with E-state index in [1.165, 1.54) is 0 Å². The molecule has 2 aliphatic rings. The van der Waals surface area contributed by atoms with Gasteiger partial charge in [-0.1, -0.05) is 0 Å². The van der Waals surface area contributed by atoms with Crippen LogP contribution < -0.4 is 10.6 Å². The fraction of sp³-hybridized carbons (Fsp3) is 0.500. The van der Waals surface area contributed by atoms with Crippen molar-refractivity contribution < 1.29 is 9.53 Å². The third-order valence-corrected chi connectivity index (χ3v) is 4.70. The van der Waals surface area contributed by atoms with Crippen LogP contribution >= 0.6 is 0 Å². The largest absolute Gasteiger partial charge is 0.378 e. The van der Waals surface area contributed by atoms with Crippen molar-refractivity contribution in [2.24, 2.45) is 0 Å². The SMILES string of the molecule is O=C(N1CCOCC1)N1CCN(c2ccc3[nH]c(=O)[nH]c3c2)CC1. The molecule has 1 aromatic carbocycles. The second-order valence-electron chi connectivity index (χ2n) is 6.17. The van der Waals surface area contributed by atoms with E-state index in [9.17, 15) is 9.59 Å². The summed E-state index contributed by atoms with van der Waals surface area (Å²) in [6.07, 6.45) is 0. The molecule has 0 radical (unpaired) electrons. The van der Waals surface area contributed by atoms with Gasteiger partial charge in [0.15, 0.2) is 0 Å². The lowest BCUT2D eigenvalue weighted by Gasteiger charge is -2.39. The first-order valence-electron chi connectivity index (χ1n) is 8.29. The minimum absolute atomic E-state index is 0.114. The lowest BCUT2D eigenvalue weighted by Crippen LogP contribution is -2.54. The Morgan fingerprint density at radius 1 is 0.917 bits per heavy atom. The van der Waals surface area contributed by atoms with Crippen molar-refractivity contribution in [3.63, 3.8) is 0 Å². The van der Waals surface area contributed by atoms with Crippen LogP contribution in [0.1, 0.15) is 0 Å². The van der Waals surface area contributed by atoms with Gasteiger partial charge in [-0.3, -0.25) is 0 Å². The summed E-state index contributed by atoms with van der Waals surface area (Å²) in [7, 11) is 0. The van der Waals surface area contributed by atoms with Crippen molar-refractivity contribution in [1.29, 1.82) is 0 Å². The third kappa shape index (κ3) is 2.84. The number of ether oxygens (including phenoxy) is 1. The van der Waals surface area contributed by atoms with Crippen LogP contribution in [0.25, 0.3) is 11.0 Å². The number of amides is 2. The molecule has 2 N–H and O–H groups in total. The number of hydrogen-bond donors (Lipinski definition) is 2. The number of carbonyl (C=O) groups is 1. The van der Waals surface area contributed by atoms with E-state index < -0.39 is 0 Å². The zero-order valence-corrected chi connectivity index (χ0v) is 13.5. The average Bonchev–Trinajstić information content (AvgIpc) is 3.01. The number of aromatic nitrogens is 2. The Hall–Kier alpha value is -2.48. The van der Waals surface area contributed by atoms with Crippen LogP contribution in [0.15, 0.2) is 23.0 Å². The van der Waals surface area contributed by atoms with E-state index in [1.807, 2.05) is 28.0 Å². The van der Waals surface area contributed by atoms with Crippen molar-refractivity contribution in [3.05, 3.63) is 28.7 Å². The summed E-state index contributed by atoms with van der Waals surface area (Å²) >= 11 is 0. The van der Waals surface area contributed by atoms with Gasteiger partial charge in [0, 0.05) is 45.0 Å². The summed E-state index contributed by atoms with van der Waals surface area (Å²) in [5.74, 6) is 0. The molecule has 0 bridgehead atoms. The topological polar surface area (TPSA) is 84.7 Å². The highest BCUT2D eigenvalue weighted by Crippen LogP contribution is 2.21. The Morgan fingerprint density at radius 2 is 1.58 bits per heavy atom. The third-order valence-electron chi connectivity index (χ3n) is 4.70. The maximum Gasteiger partial charge on any atom is 0.323 e. The van der Waals surface area contributed by atoms with E-state index in [4.69, 9.17) is 4.74 Å². The number of H-pyrrole nitrogens is 2. The number of rotatable bonds is 1. The number of piperazine rings is 1. The van der Waals surface area contributed by atoms with Gasteiger partial charge in [0.25, 0.3) is 0 Å². The predicted molar refractivity (Wildman–Crippen MR) is 90.5 cm³/mol. The number of nitrogens with one attached hydrogen (secondary N) is 2. The quantitative estimate of drug-likeness (QED) is 0.794. The molecule has 0 saturated carbocycles. The second kappa shape index (κ2) is 6.20. The van der Waals surface area contributed by atoms with Crippen molar-refractivity contribution in [1.82, 2.24) is 19.8 Å². The molecule has 8 nitrogen and oxygen atoms in total. The maximum absolute atomic E-state index is 12.5. The molecule has 8 heteroatoms. The van der Waals surface area contributed by atoms with Gasteiger partial charge in [-0.2, -0.15) is 0 Å².